The minimum Gasteiger partial charge on any atom is -0.380 e. The van der Waals surface area contributed by atoms with Crippen LogP contribution in [-0.2, 0) is 14.8 Å². The monoisotopic (exact) mass is 353 g/mol. The van der Waals surface area contributed by atoms with E-state index in [0.29, 0.717) is 38.3 Å². The molecule has 1 amide bonds. The van der Waals surface area contributed by atoms with E-state index < -0.39 is 10.0 Å². The zero-order chi connectivity index (χ0) is 17.2. The molecule has 2 aliphatic heterocycles. The maximum Gasteiger partial charge on any atom is 0.253 e. The maximum atomic E-state index is 12.5. The van der Waals surface area contributed by atoms with Gasteiger partial charge in [0.1, 0.15) is 0 Å². The van der Waals surface area contributed by atoms with Gasteiger partial charge in [0, 0.05) is 44.4 Å². The zero-order valence-electron chi connectivity index (χ0n) is 13.8. The van der Waals surface area contributed by atoms with Crippen LogP contribution in [0.3, 0.4) is 0 Å². The molecule has 3 rings (SSSR count). The lowest BCUT2D eigenvalue weighted by atomic mass is 10.2. The number of carbonyl (C=O) groups is 1. The predicted molar refractivity (Wildman–Crippen MR) is 89.4 cm³/mol. The molecule has 132 valence electrons. The van der Waals surface area contributed by atoms with Crippen LogP contribution in [0.1, 0.15) is 16.8 Å². The smallest absolute Gasteiger partial charge is 0.253 e. The van der Waals surface area contributed by atoms with E-state index >= 15 is 0 Å². The van der Waals surface area contributed by atoms with Gasteiger partial charge in [0.05, 0.1) is 11.5 Å². The molecule has 7 nitrogen and oxygen atoms in total. The highest BCUT2D eigenvalue weighted by molar-refractivity contribution is 7.89. The van der Waals surface area contributed by atoms with Gasteiger partial charge in [-0.1, -0.05) is 0 Å². The number of hydrogen-bond donors (Lipinski definition) is 1. The number of sulfonamides is 1. The Morgan fingerprint density at radius 1 is 1.17 bits per heavy atom. The number of benzene rings is 1. The molecule has 0 radical (unpaired) electrons. The van der Waals surface area contributed by atoms with Gasteiger partial charge in [-0.15, -0.1) is 0 Å². The number of rotatable bonds is 4. The average Bonchev–Trinajstić information content (AvgIpc) is 3.07. The van der Waals surface area contributed by atoms with Crippen LogP contribution >= 0.6 is 0 Å². The van der Waals surface area contributed by atoms with Crippen LogP contribution in [0.4, 0.5) is 0 Å². The molecule has 0 saturated carbocycles. The van der Waals surface area contributed by atoms with Gasteiger partial charge in [-0.2, -0.15) is 0 Å². The second-order valence-corrected chi connectivity index (χ2v) is 8.02. The van der Waals surface area contributed by atoms with Crippen LogP contribution in [0.25, 0.3) is 0 Å². The Kier molecular flexibility index (Phi) is 5.19. The van der Waals surface area contributed by atoms with Gasteiger partial charge in [-0.3, -0.25) is 4.79 Å². The predicted octanol–water partition coefficient (Wildman–Crippen LogP) is 0.141. The highest BCUT2D eigenvalue weighted by Gasteiger charge is 2.24. The molecule has 8 heteroatoms. The molecule has 2 saturated heterocycles. The molecular weight excluding hydrogens is 330 g/mol. The van der Waals surface area contributed by atoms with Crippen molar-refractivity contribution in [2.75, 3.05) is 46.4 Å². The van der Waals surface area contributed by atoms with Gasteiger partial charge in [0.2, 0.25) is 10.0 Å². The largest absolute Gasteiger partial charge is 0.380 e. The SMILES string of the molecule is CN1CCN(C(=O)c2ccc(S(=O)(=O)N[C@@H]3CCOC3)cc2)CC1. The minimum atomic E-state index is -3.58. The Hall–Kier alpha value is -1.48. The maximum absolute atomic E-state index is 12.5. The molecule has 1 atom stereocenters. The summed E-state index contributed by atoms with van der Waals surface area (Å²) in [4.78, 5) is 16.6. The van der Waals surface area contributed by atoms with Crippen molar-refractivity contribution >= 4 is 15.9 Å². The normalized spacial score (nSPS) is 22.7. The standard InChI is InChI=1S/C16H23N3O4S/c1-18-7-9-19(10-8-18)16(20)13-2-4-15(5-3-13)24(21,22)17-14-6-11-23-12-14/h2-5,14,17H,6-12H2,1H3/t14-/m1/s1. The molecule has 0 aromatic heterocycles. The molecule has 0 aliphatic carbocycles. The van der Waals surface area contributed by atoms with Crippen LogP contribution in [-0.4, -0.2) is 76.6 Å². The van der Waals surface area contributed by atoms with Gasteiger partial charge in [0.25, 0.3) is 5.91 Å². The fraction of sp³-hybridized carbons (Fsp3) is 0.562. The van der Waals surface area contributed by atoms with Gasteiger partial charge in [0.15, 0.2) is 0 Å². The van der Waals surface area contributed by atoms with Gasteiger partial charge < -0.3 is 14.5 Å². The fourth-order valence-corrected chi connectivity index (χ4v) is 4.14. The molecule has 2 aliphatic rings. The summed E-state index contributed by atoms with van der Waals surface area (Å²) >= 11 is 0. The quantitative estimate of drug-likeness (QED) is 0.833. The van der Waals surface area contributed by atoms with Crippen molar-refractivity contribution in [2.45, 2.75) is 17.4 Å². The van der Waals surface area contributed by atoms with E-state index in [2.05, 4.69) is 9.62 Å². The van der Waals surface area contributed by atoms with Crippen LogP contribution in [0.5, 0.6) is 0 Å². The molecule has 24 heavy (non-hydrogen) atoms. The Balaban J connectivity index is 1.67. The summed E-state index contributed by atoms with van der Waals surface area (Å²) in [5, 5.41) is 0. The number of carbonyl (C=O) groups excluding carboxylic acids is 1. The van der Waals surface area contributed by atoms with Crippen LogP contribution in [0.2, 0.25) is 0 Å². The highest BCUT2D eigenvalue weighted by Crippen LogP contribution is 2.15. The van der Waals surface area contributed by atoms with Crippen molar-refractivity contribution in [1.82, 2.24) is 14.5 Å². The van der Waals surface area contributed by atoms with Gasteiger partial charge in [-0.05, 0) is 37.7 Å². The third-order valence-electron chi connectivity index (χ3n) is 4.45. The third kappa shape index (κ3) is 3.94. The van der Waals surface area contributed by atoms with Crippen molar-refractivity contribution in [3.05, 3.63) is 29.8 Å². The van der Waals surface area contributed by atoms with Gasteiger partial charge >= 0.3 is 0 Å². The summed E-state index contributed by atoms with van der Waals surface area (Å²) in [5.74, 6) is -0.0517. The lowest BCUT2D eigenvalue weighted by Gasteiger charge is -2.32. The fourth-order valence-electron chi connectivity index (χ4n) is 2.88. The van der Waals surface area contributed by atoms with Crippen molar-refractivity contribution < 1.29 is 17.9 Å². The van der Waals surface area contributed by atoms with E-state index in [9.17, 15) is 13.2 Å². The second-order valence-electron chi connectivity index (χ2n) is 6.30. The van der Waals surface area contributed by atoms with Crippen LogP contribution < -0.4 is 4.72 Å². The summed E-state index contributed by atoms with van der Waals surface area (Å²) < 4.78 is 32.5. The van der Waals surface area contributed by atoms with Crippen molar-refractivity contribution in [2.24, 2.45) is 0 Å². The zero-order valence-corrected chi connectivity index (χ0v) is 14.6. The van der Waals surface area contributed by atoms with E-state index in [1.54, 1.807) is 17.0 Å². The number of amides is 1. The Bertz CT molecular complexity index is 676. The van der Waals surface area contributed by atoms with Crippen molar-refractivity contribution in [3.63, 3.8) is 0 Å². The number of likely N-dealkylation sites (N-methyl/N-ethyl adjacent to an activating group) is 1. The molecular formula is C16H23N3O4S. The summed E-state index contributed by atoms with van der Waals surface area (Å²) in [6.45, 7) is 4.07. The summed E-state index contributed by atoms with van der Waals surface area (Å²) in [5.41, 5.74) is 0.516. The number of hydrogen-bond acceptors (Lipinski definition) is 5. The molecule has 2 fully saturated rings. The molecule has 0 bridgehead atoms. The Morgan fingerprint density at radius 3 is 2.42 bits per heavy atom. The topological polar surface area (TPSA) is 79.0 Å². The van der Waals surface area contributed by atoms with E-state index in [0.717, 1.165) is 13.1 Å². The second kappa shape index (κ2) is 7.18. The van der Waals surface area contributed by atoms with Crippen LogP contribution in [0.15, 0.2) is 29.2 Å². The van der Waals surface area contributed by atoms with E-state index in [1.165, 1.54) is 12.1 Å². The Labute approximate surface area is 142 Å². The number of ether oxygens (including phenoxy) is 1. The van der Waals surface area contributed by atoms with Gasteiger partial charge in [-0.25, -0.2) is 13.1 Å². The number of piperazine rings is 1. The van der Waals surface area contributed by atoms with Crippen molar-refractivity contribution in [1.29, 1.82) is 0 Å². The average molecular weight is 353 g/mol. The van der Waals surface area contributed by atoms with Crippen molar-refractivity contribution in [3.8, 4) is 0 Å². The Morgan fingerprint density at radius 2 is 1.83 bits per heavy atom. The molecule has 1 N–H and O–H groups in total. The van der Waals surface area contributed by atoms with E-state index in [-0.39, 0.29) is 16.8 Å². The minimum absolute atomic E-state index is 0.0517. The first-order chi connectivity index (χ1) is 11.5. The third-order valence-corrected chi connectivity index (χ3v) is 5.99. The lowest BCUT2D eigenvalue weighted by molar-refractivity contribution is 0.0664. The first-order valence-electron chi connectivity index (χ1n) is 8.14. The lowest BCUT2D eigenvalue weighted by Crippen LogP contribution is -2.47. The van der Waals surface area contributed by atoms with Crippen LogP contribution in [0, 0.1) is 0 Å². The van der Waals surface area contributed by atoms with E-state index in [1.807, 2.05) is 7.05 Å². The molecule has 1 aromatic rings. The molecule has 2 heterocycles. The number of nitrogens with zero attached hydrogens (tertiary/aromatic N) is 2. The van der Waals surface area contributed by atoms with E-state index in [4.69, 9.17) is 4.74 Å². The first kappa shape index (κ1) is 17.3. The molecule has 0 unspecified atom stereocenters. The summed E-state index contributed by atoms with van der Waals surface area (Å²) in [6.07, 6.45) is 0.680. The molecule has 0 spiro atoms. The molecule has 1 aromatic carbocycles. The number of nitrogens with one attached hydrogen (secondary N) is 1. The highest BCUT2D eigenvalue weighted by atomic mass is 32.2. The summed E-state index contributed by atoms with van der Waals surface area (Å²) in [6, 6.07) is 5.96. The summed E-state index contributed by atoms with van der Waals surface area (Å²) in [7, 11) is -1.55. The first-order valence-corrected chi connectivity index (χ1v) is 9.62.